The average molecular weight is 496 g/mol. The van der Waals surface area contributed by atoms with Crippen molar-refractivity contribution in [3.8, 4) is 22.6 Å². The van der Waals surface area contributed by atoms with Crippen molar-refractivity contribution in [2.45, 2.75) is 19.8 Å². The van der Waals surface area contributed by atoms with Crippen LogP contribution in [0.2, 0.25) is 0 Å². The van der Waals surface area contributed by atoms with Crippen LogP contribution in [0, 0.1) is 5.82 Å². The van der Waals surface area contributed by atoms with Gasteiger partial charge < -0.3 is 9.88 Å². The molecule has 188 valence electrons. The number of nitrogens with zero attached hydrogens (tertiary/aromatic N) is 4. The molecule has 0 aliphatic heterocycles. The van der Waals surface area contributed by atoms with Crippen LogP contribution in [-0.4, -0.2) is 55.9 Å². The van der Waals surface area contributed by atoms with Gasteiger partial charge in [0, 0.05) is 22.5 Å². The summed E-state index contributed by atoms with van der Waals surface area (Å²) in [5, 5.41) is 15.9. The third-order valence-electron chi connectivity index (χ3n) is 6.43. The summed E-state index contributed by atoms with van der Waals surface area (Å²) >= 11 is 0. The van der Waals surface area contributed by atoms with Crippen molar-refractivity contribution in [3.05, 3.63) is 82.4 Å². The van der Waals surface area contributed by atoms with Gasteiger partial charge in [-0.1, -0.05) is 30.9 Å². The molecule has 0 saturated carbocycles. The van der Waals surface area contributed by atoms with Crippen LogP contribution in [0.25, 0.3) is 51.9 Å². The van der Waals surface area contributed by atoms with Gasteiger partial charge in [0.05, 0.1) is 22.6 Å². The maximum absolute atomic E-state index is 14.6. The normalized spacial score (nSPS) is 12.8. The number of aromatic amines is 3. The third kappa shape index (κ3) is 5.29. The molecule has 0 atom stereocenters. The zero-order valence-electron chi connectivity index (χ0n) is 21.3. The molecule has 5 rings (SSSR count). The Morgan fingerprint density at radius 2 is 2.05 bits per heavy atom. The Kier molecular flexibility index (Phi) is 6.83. The second-order valence-corrected chi connectivity index (χ2v) is 9.51. The molecule has 0 spiro atoms. The molecule has 0 radical (unpaired) electrons. The maximum atomic E-state index is 14.6. The summed E-state index contributed by atoms with van der Waals surface area (Å²) in [6.07, 6.45) is 9.35. The van der Waals surface area contributed by atoms with Crippen LogP contribution in [0.1, 0.15) is 24.5 Å². The predicted octanol–water partition coefficient (Wildman–Crippen LogP) is 4.27. The number of H-pyrrole nitrogens is 3. The minimum atomic E-state index is -0.239. The van der Waals surface area contributed by atoms with Crippen molar-refractivity contribution in [1.29, 1.82) is 0 Å². The SMILES string of the molecule is C=c1c(-c2nc3c(-c4cc(F)cc(CCCN(C)C)c4)cccc3[nH]2)n[nH]/c1=C/C=C(\C)c1cn[nH]c1. The zero-order chi connectivity index (χ0) is 25.9. The molecule has 5 aromatic rings. The van der Waals surface area contributed by atoms with Crippen LogP contribution in [0.5, 0.6) is 0 Å². The Morgan fingerprint density at radius 1 is 1.19 bits per heavy atom. The molecule has 0 amide bonds. The van der Waals surface area contributed by atoms with E-state index in [2.05, 4.69) is 42.9 Å². The molecule has 0 fully saturated rings. The standard InChI is InChI=1S/C29H30FN7/c1-18(22-16-31-32-17-22)10-11-25-19(2)27(36-35-25)29-33-26-9-5-8-24(28(26)34-29)21-13-20(14-23(30)15-21)7-6-12-37(3)4/h5,8-11,13-17,35H,2,6-7,12H2,1,3-4H3,(H,31,32)(H,33,34)/b18-10+,25-11+. The van der Waals surface area contributed by atoms with Gasteiger partial charge >= 0.3 is 0 Å². The van der Waals surface area contributed by atoms with Gasteiger partial charge in [0.1, 0.15) is 11.5 Å². The van der Waals surface area contributed by atoms with Crippen molar-refractivity contribution in [3.63, 3.8) is 0 Å². The summed E-state index contributed by atoms with van der Waals surface area (Å²) in [5.74, 6) is 0.373. The first-order valence-corrected chi connectivity index (χ1v) is 12.2. The molecule has 0 unspecified atom stereocenters. The van der Waals surface area contributed by atoms with Gasteiger partial charge in [-0.15, -0.1) is 0 Å². The molecule has 8 heteroatoms. The highest BCUT2D eigenvalue weighted by Gasteiger charge is 2.14. The fourth-order valence-corrected chi connectivity index (χ4v) is 4.41. The van der Waals surface area contributed by atoms with E-state index >= 15 is 0 Å². The number of benzene rings is 2. The number of fused-ring (bicyclic) bond motifs is 1. The van der Waals surface area contributed by atoms with E-state index in [1.165, 1.54) is 0 Å². The molecule has 3 aromatic heterocycles. The smallest absolute Gasteiger partial charge is 0.159 e. The van der Waals surface area contributed by atoms with E-state index in [-0.39, 0.29) is 5.82 Å². The second-order valence-electron chi connectivity index (χ2n) is 9.51. The van der Waals surface area contributed by atoms with Gasteiger partial charge in [0.25, 0.3) is 0 Å². The Bertz CT molecular complexity index is 1670. The van der Waals surface area contributed by atoms with Crippen LogP contribution in [0.3, 0.4) is 0 Å². The summed E-state index contributed by atoms with van der Waals surface area (Å²) < 4.78 is 14.6. The van der Waals surface area contributed by atoms with E-state index in [1.807, 2.05) is 57.6 Å². The van der Waals surface area contributed by atoms with Crippen molar-refractivity contribution >= 4 is 29.3 Å². The lowest BCUT2D eigenvalue weighted by atomic mass is 9.99. The van der Waals surface area contributed by atoms with Gasteiger partial charge in [0.15, 0.2) is 5.82 Å². The molecule has 7 nitrogen and oxygen atoms in total. The summed E-state index contributed by atoms with van der Waals surface area (Å²) in [5.41, 5.74) is 7.02. The highest BCUT2D eigenvalue weighted by Crippen LogP contribution is 2.30. The summed E-state index contributed by atoms with van der Waals surface area (Å²) in [6, 6.07) is 11.1. The number of nitrogens with one attached hydrogen (secondary N) is 3. The molecule has 3 heterocycles. The van der Waals surface area contributed by atoms with Crippen LogP contribution in [0.15, 0.2) is 54.9 Å². The molecule has 0 bridgehead atoms. The first kappa shape index (κ1) is 24.4. The van der Waals surface area contributed by atoms with E-state index in [0.717, 1.165) is 68.8 Å². The molecular weight excluding hydrogens is 465 g/mol. The predicted molar refractivity (Wildman–Crippen MR) is 147 cm³/mol. The van der Waals surface area contributed by atoms with Gasteiger partial charge in [-0.25, -0.2) is 9.37 Å². The monoisotopic (exact) mass is 495 g/mol. The summed E-state index contributed by atoms with van der Waals surface area (Å²) in [4.78, 5) is 10.4. The Labute approximate surface area is 214 Å². The number of aryl methyl sites for hydroxylation is 1. The summed E-state index contributed by atoms with van der Waals surface area (Å²) in [6.45, 7) is 7.20. The molecule has 0 saturated heterocycles. The first-order valence-electron chi connectivity index (χ1n) is 12.2. The number of aromatic nitrogens is 6. The van der Waals surface area contributed by atoms with Gasteiger partial charge in [-0.05, 0) is 81.4 Å². The van der Waals surface area contributed by atoms with Crippen molar-refractivity contribution < 1.29 is 4.39 Å². The van der Waals surface area contributed by atoms with E-state index in [1.54, 1.807) is 18.3 Å². The number of imidazole rings is 1. The Hall–Kier alpha value is -4.30. The number of hydrogen-bond acceptors (Lipinski definition) is 4. The maximum Gasteiger partial charge on any atom is 0.159 e. The molecule has 37 heavy (non-hydrogen) atoms. The quantitative estimate of drug-likeness (QED) is 0.300. The number of halogens is 1. The van der Waals surface area contributed by atoms with Crippen molar-refractivity contribution in [2.24, 2.45) is 0 Å². The van der Waals surface area contributed by atoms with E-state index in [4.69, 9.17) is 4.98 Å². The first-order chi connectivity index (χ1) is 17.9. The molecule has 2 aromatic carbocycles. The van der Waals surface area contributed by atoms with Crippen LogP contribution in [-0.2, 0) is 6.42 Å². The largest absolute Gasteiger partial charge is 0.337 e. The number of para-hydroxylation sites is 1. The minimum absolute atomic E-state index is 0.239. The van der Waals surface area contributed by atoms with Crippen LogP contribution in [0.4, 0.5) is 4.39 Å². The highest BCUT2D eigenvalue weighted by molar-refractivity contribution is 5.93. The fraction of sp³-hybridized carbons (Fsp3) is 0.207. The van der Waals surface area contributed by atoms with Crippen molar-refractivity contribution in [1.82, 2.24) is 35.3 Å². The van der Waals surface area contributed by atoms with Crippen molar-refractivity contribution in [2.75, 3.05) is 20.6 Å². The molecule has 3 N–H and O–H groups in total. The lowest BCUT2D eigenvalue weighted by Gasteiger charge is -2.10. The number of hydrogen-bond donors (Lipinski definition) is 3. The molecular formula is C29H30FN7. The van der Waals surface area contributed by atoms with Gasteiger partial charge in [0.2, 0.25) is 0 Å². The van der Waals surface area contributed by atoms with E-state index in [9.17, 15) is 4.39 Å². The molecule has 0 aliphatic carbocycles. The lowest BCUT2D eigenvalue weighted by molar-refractivity contribution is 0.400. The Morgan fingerprint density at radius 3 is 2.84 bits per heavy atom. The zero-order valence-corrected chi connectivity index (χ0v) is 21.3. The topological polar surface area (TPSA) is 89.3 Å². The van der Waals surface area contributed by atoms with Gasteiger partial charge in [-0.2, -0.15) is 10.2 Å². The third-order valence-corrected chi connectivity index (χ3v) is 6.43. The Balaban J connectivity index is 1.49. The lowest BCUT2D eigenvalue weighted by Crippen LogP contribution is -2.21. The van der Waals surface area contributed by atoms with Crippen LogP contribution < -0.4 is 10.6 Å². The number of allylic oxidation sites excluding steroid dienone is 2. The van der Waals surface area contributed by atoms with E-state index < -0.39 is 0 Å². The molecule has 0 aliphatic rings. The number of rotatable bonds is 8. The fourth-order valence-electron chi connectivity index (χ4n) is 4.41. The van der Waals surface area contributed by atoms with Gasteiger partial charge in [-0.3, -0.25) is 10.2 Å². The second kappa shape index (κ2) is 10.4. The minimum Gasteiger partial charge on any atom is -0.337 e. The van der Waals surface area contributed by atoms with Crippen LogP contribution >= 0.6 is 0 Å². The average Bonchev–Trinajstić information content (AvgIpc) is 3.61. The summed E-state index contributed by atoms with van der Waals surface area (Å²) in [7, 11) is 4.09. The van der Waals surface area contributed by atoms with E-state index in [0.29, 0.717) is 11.5 Å². The highest BCUT2D eigenvalue weighted by atomic mass is 19.1.